The predicted molar refractivity (Wildman–Crippen MR) is 64.1 cm³/mol. The Bertz CT molecular complexity index is 202. The molecule has 0 aromatic carbocycles. The number of hydrogen-bond donors (Lipinski definition) is 0. The molecule has 0 N–H and O–H groups in total. The molecule has 2 nitrogen and oxygen atoms in total. The van der Waals surface area contributed by atoms with Crippen LogP contribution in [0, 0.1) is 5.92 Å². The summed E-state index contributed by atoms with van der Waals surface area (Å²) >= 11 is 5.74. The number of rotatable bonds is 4. The maximum atomic E-state index is 11.9. The van der Waals surface area contributed by atoms with Gasteiger partial charge >= 0.3 is 0 Å². The zero-order valence-electron chi connectivity index (χ0n) is 9.84. The average molecular weight is 232 g/mol. The van der Waals surface area contributed by atoms with Gasteiger partial charge in [0.1, 0.15) is 0 Å². The fraction of sp³-hybridized carbons (Fsp3) is 0.917. The fourth-order valence-corrected chi connectivity index (χ4v) is 2.34. The van der Waals surface area contributed by atoms with Crippen LogP contribution in [0.2, 0.25) is 0 Å². The summed E-state index contributed by atoms with van der Waals surface area (Å²) in [5.74, 6) is 1.40. The van der Waals surface area contributed by atoms with Crippen LogP contribution >= 0.6 is 11.6 Å². The van der Waals surface area contributed by atoms with Gasteiger partial charge in [0.15, 0.2) is 0 Å². The number of hydrogen-bond acceptors (Lipinski definition) is 1. The Morgan fingerprint density at radius 1 is 1.40 bits per heavy atom. The summed E-state index contributed by atoms with van der Waals surface area (Å²) in [6, 6.07) is 0.155. The van der Waals surface area contributed by atoms with E-state index in [1.807, 2.05) is 14.0 Å². The summed E-state index contributed by atoms with van der Waals surface area (Å²) in [6.07, 6.45) is 7.12. The van der Waals surface area contributed by atoms with E-state index in [2.05, 4.69) is 0 Å². The molecule has 1 rings (SSSR count). The van der Waals surface area contributed by atoms with Crippen molar-refractivity contribution in [2.24, 2.45) is 5.92 Å². The molecule has 0 aliphatic heterocycles. The van der Waals surface area contributed by atoms with Crippen LogP contribution in [-0.2, 0) is 4.79 Å². The fourth-order valence-electron chi connectivity index (χ4n) is 2.13. The third-order valence-corrected chi connectivity index (χ3v) is 3.91. The Hall–Kier alpha value is -0.240. The van der Waals surface area contributed by atoms with Crippen molar-refractivity contribution in [3.05, 3.63) is 0 Å². The summed E-state index contributed by atoms with van der Waals surface area (Å²) < 4.78 is 0. The minimum atomic E-state index is 0.155. The van der Waals surface area contributed by atoms with Crippen molar-refractivity contribution in [2.75, 3.05) is 12.9 Å². The van der Waals surface area contributed by atoms with E-state index in [4.69, 9.17) is 11.6 Å². The van der Waals surface area contributed by atoms with Gasteiger partial charge in [0.25, 0.3) is 0 Å². The molecule has 1 atom stereocenters. The molecule has 0 saturated heterocycles. The molecule has 0 heterocycles. The molecule has 1 fully saturated rings. The lowest BCUT2D eigenvalue weighted by molar-refractivity contribution is -0.132. The van der Waals surface area contributed by atoms with Crippen LogP contribution in [-0.4, -0.2) is 29.8 Å². The highest BCUT2D eigenvalue weighted by molar-refractivity contribution is 6.18. The van der Waals surface area contributed by atoms with Gasteiger partial charge in [-0.05, 0) is 25.7 Å². The first-order valence-electron chi connectivity index (χ1n) is 5.96. The van der Waals surface area contributed by atoms with Crippen LogP contribution in [0.3, 0.4) is 0 Å². The molecular weight excluding hydrogens is 210 g/mol. The zero-order chi connectivity index (χ0) is 11.3. The summed E-state index contributed by atoms with van der Waals surface area (Å²) in [6.45, 7) is 1.99. The van der Waals surface area contributed by atoms with E-state index in [9.17, 15) is 4.79 Å². The van der Waals surface area contributed by atoms with Gasteiger partial charge in [0, 0.05) is 25.4 Å². The largest absolute Gasteiger partial charge is 0.342 e. The molecule has 0 aromatic heterocycles. The smallest absolute Gasteiger partial charge is 0.222 e. The Morgan fingerprint density at radius 2 is 2.00 bits per heavy atom. The van der Waals surface area contributed by atoms with Crippen molar-refractivity contribution in [3.8, 4) is 0 Å². The Labute approximate surface area is 98.0 Å². The monoisotopic (exact) mass is 231 g/mol. The van der Waals surface area contributed by atoms with Gasteiger partial charge in [-0.25, -0.2) is 0 Å². The SMILES string of the molecule is CC(CCl)N(C)C(=O)CC1CCCCC1. The molecule has 0 radical (unpaired) electrons. The quantitative estimate of drug-likeness (QED) is 0.681. The van der Waals surface area contributed by atoms with Crippen LogP contribution in [0.4, 0.5) is 0 Å². The van der Waals surface area contributed by atoms with E-state index in [0.29, 0.717) is 11.8 Å². The number of nitrogens with zero attached hydrogens (tertiary/aromatic N) is 1. The Morgan fingerprint density at radius 3 is 2.53 bits per heavy atom. The molecule has 0 bridgehead atoms. The van der Waals surface area contributed by atoms with Crippen molar-refractivity contribution in [3.63, 3.8) is 0 Å². The molecule has 3 heteroatoms. The first kappa shape index (κ1) is 12.8. The molecule has 88 valence electrons. The van der Waals surface area contributed by atoms with Crippen molar-refractivity contribution in [1.82, 2.24) is 4.90 Å². The maximum Gasteiger partial charge on any atom is 0.222 e. The number of amides is 1. The van der Waals surface area contributed by atoms with Gasteiger partial charge in [0.05, 0.1) is 0 Å². The third kappa shape index (κ3) is 4.02. The first-order chi connectivity index (χ1) is 7.15. The molecule has 1 aliphatic carbocycles. The van der Waals surface area contributed by atoms with Crippen molar-refractivity contribution in [2.45, 2.75) is 51.5 Å². The lowest BCUT2D eigenvalue weighted by Gasteiger charge is -2.27. The van der Waals surface area contributed by atoms with E-state index >= 15 is 0 Å². The normalized spacial score (nSPS) is 19.9. The highest BCUT2D eigenvalue weighted by atomic mass is 35.5. The van der Waals surface area contributed by atoms with Crippen molar-refractivity contribution in [1.29, 1.82) is 0 Å². The third-order valence-electron chi connectivity index (χ3n) is 3.47. The summed E-state index contributed by atoms with van der Waals surface area (Å²) in [7, 11) is 1.86. The van der Waals surface area contributed by atoms with Crippen LogP contribution in [0.1, 0.15) is 45.4 Å². The zero-order valence-corrected chi connectivity index (χ0v) is 10.6. The van der Waals surface area contributed by atoms with E-state index in [1.54, 1.807) is 4.90 Å². The summed E-state index contributed by atoms with van der Waals surface area (Å²) in [5, 5.41) is 0. The second-order valence-corrected chi connectivity index (χ2v) is 5.02. The van der Waals surface area contributed by atoms with Gasteiger partial charge in [-0.2, -0.15) is 0 Å². The Kier molecular flexibility index (Phi) is 5.44. The van der Waals surface area contributed by atoms with Crippen LogP contribution in [0.25, 0.3) is 0 Å². The molecule has 1 unspecified atom stereocenters. The molecule has 0 aromatic rings. The van der Waals surface area contributed by atoms with E-state index in [1.165, 1.54) is 32.1 Å². The van der Waals surface area contributed by atoms with Crippen LogP contribution in [0.5, 0.6) is 0 Å². The summed E-state index contributed by atoms with van der Waals surface area (Å²) in [5.41, 5.74) is 0. The Balaban J connectivity index is 2.33. The minimum absolute atomic E-state index is 0.155. The second kappa shape index (κ2) is 6.37. The first-order valence-corrected chi connectivity index (χ1v) is 6.50. The van der Waals surface area contributed by atoms with Gasteiger partial charge in [-0.15, -0.1) is 11.6 Å². The highest BCUT2D eigenvalue weighted by Crippen LogP contribution is 2.26. The van der Waals surface area contributed by atoms with Gasteiger partial charge < -0.3 is 4.90 Å². The number of carbonyl (C=O) groups is 1. The molecule has 1 saturated carbocycles. The van der Waals surface area contributed by atoms with Crippen LogP contribution in [0.15, 0.2) is 0 Å². The van der Waals surface area contributed by atoms with Gasteiger partial charge in [-0.3, -0.25) is 4.79 Å². The van der Waals surface area contributed by atoms with Gasteiger partial charge in [-0.1, -0.05) is 19.3 Å². The lowest BCUT2D eigenvalue weighted by Crippen LogP contribution is -2.37. The topological polar surface area (TPSA) is 20.3 Å². The minimum Gasteiger partial charge on any atom is -0.342 e. The maximum absolute atomic E-state index is 11.9. The molecular formula is C12H22ClNO. The molecule has 0 spiro atoms. The van der Waals surface area contributed by atoms with Gasteiger partial charge in [0.2, 0.25) is 5.91 Å². The van der Waals surface area contributed by atoms with E-state index in [-0.39, 0.29) is 11.9 Å². The molecule has 1 aliphatic rings. The number of halogens is 1. The number of alkyl halides is 1. The van der Waals surface area contributed by atoms with Crippen molar-refractivity contribution < 1.29 is 4.79 Å². The average Bonchev–Trinajstić information content (AvgIpc) is 2.28. The second-order valence-electron chi connectivity index (χ2n) is 4.72. The molecule has 1 amide bonds. The standard InChI is InChI=1S/C12H22ClNO/c1-10(9-13)14(2)12(15)8-11-6-4-3-5-7-11/h10-11H,3-9H2,1-2H3. The highest BCUT2D eigenvalue weighted by Gasteiger charge is 2.21. The predicted octanol–water partition coefficient (Wildman–Crippen LogP) is 3.04. The van der Waals surface area contributed by atoms with E-state index < -0.39 is 0 Å². The molecule has 15 heavy (non-hydrogen) atoms. The van der Waals surface area contributed by atoms with E-state index in [0.717, 1.165) is 6.42 Å². The number of carbonyl (C=O) groups excluding carboxylic acids is 1. The van der Waals surface area contributed by atoms with Crippen LogP contribution < -0.4 is 0 Å². The van der Waals surface area contributed by atoms with Crippen molar-refractivity contribution >= 4 is 17.5 Å². The summed E-state index contributed by atoms with van der Waals surface area (Å²) in [4.78, 5) is 13.7. The lowest BCUT2D eigenvalue weighted by atomic mass is 9.86.